The Morgan fingerprint density at radius 3 is 3.08 bits per heavy atom. The van der Waals surface area contributed by atoms with Gasteiger partial charge >= 0.3 is 0 Å². The van der Waals surface area contributed by atoms with Crippen molar-refractivity contribution in [1.29, 1.82) is 0 Å². The molecule has 4 rings (SSSR count). The highest BCUT2D eigenvalue weighted by atomic mass is 16.6. The number of aromatic nitrogens is 2. The molecule has 1 amide bonds. The van der Waals surface area contributed by atoms with Gasteiger partial charge in [0, 0.05) is 32.4 Å². The van der Waals surface area contributed by atoms with E-state index in [2.05, 4.69) is 4.98 Å². The molecule has 138 valence electrons. The molecule has 2 fully saturated rings. The fraction of sp³-hybridized carbons (Fsp3) is 0.500. The molecule has 26 heavy (non-hydrogen) atoms. The van der Waals surface area contributed by atoms with Crippen molar-refractivity contribution in [1.82, 2.24) is 14.5 Å². The molecule has 0 aromatic carbocycles. The standard InChI is InChI=1S/C20H25N3O3/c1-22-10-4-7-18(22)19(24)23-11-5-8-20(15-23)12-17(14-26-20)25-13-16-6-2-3-9-21-16/h2-4,6-7,9-10,17H,5,8,11-15H2,1H3/t17-,20-/m0/s1. The summed E-state index contributed by atoms with van der Waals surface area (Å²) in [5.41, 5.74) is 1.38. The first-order chi connectivity index (χ1) is 12.7. The number of aryl methyl sites for hydroxylation is 1. The van der Waals surface area contributed by atoms with Crippen LogP contribution in [0.5, 0.6) is 0 Å². The highest BCUT2D eigenvalue weighted by Gasteiger charge is 2.45. The number of ether oxygens (including phenoxy) is 2. The molecule has 0 saturated carbocycles. The van der Waals surface area contributed by atoms with Crippen molar-refractivity contribution in [3.8, 4) is 0 Å². The number of rotatable bonds is 4. The summed E-state index contributed by atoms with van der Waals surface area (Å²) in [6.07, 6.45) is 6.51. The van der Waals surface area contributed by atoms with Crippen LogP contribution in [0.4, 0.5) is 0 Å². The van der Waals surface area contributed by atoms with Crippen molar-refractivity contribution in [2.24, 2.45) is 7.05 Å². The van der Waals surface area contributed by atoms with E-state index in [0.29, 0.717) is 19.8 Å². The summed E-state index contributed by atoms with van der Waals surface area (Å²) in [5, 5.41) is 0. The highest BCUT2D eigenvalue weighted by Crippen LogP contribution is 2.36. The molecule has 0 bridgehead atoms. The van der Waals surface area contributed by atoms with Gasteiger partial charge in [-0.15, -0.1) is 0 Å². The molecule has 0 N–H and O–H groups in total. The third-order valence-corrected chi connectivity index (χ3v) is 5.36. The number of likely N-dealkylation sites (tertiary alicyclic amines) is 1. The van der Waals surface area contributed by atoms with Crippen LogP contribution in [0.25, 0.3) is 0 Å². The number of carbonyl (C=O) groups is 1. The lowest BCUT2D eigenvalue weighted by molar-refractivity contribution is -0.0468. The van der Waals surface area contributed by atoms with E-state index in [1.807, 2.05) is 53.0 Å². The zero-order chi connectivity index (χ0) is 18.0. The Hall–Kier alpha value is -2.18. The smallest absolute Gasteiger partial charge is 0.270 e. The Bertz CT molecular complexity index is 761. The van der Waals surface area contributed by atoms with Gasteiger partial charge in [0.15, 0.2) is 0 Å². The number of hydrogen-bond donors (Lipinski definition) is 0. The third kappa shape index (κ3) is 3.52. The SMILES string of the molecule is Cn1cccc1C(=O)N1CCC[C@]2(C[C@H](OCc3ccccn3)CO2)C1. The van der Waals surface area contributed by atoms with E-state index >= 15 is 0 Å². The van der Waals surface area contributed by atoms with Crippen LogP contribution in [0.2, 0.25) is 0 Å². The lowest BCUT2D eigenvalue weighted by Gasteiger charge is -2.39. The topological polar surface area (TPSA) is 56.6 Å². The van der Waals surface area contributed by atoms with Crippen molar-refractivity contribution in [3.05, 3.63) is 54.1 Å². The molecule has 0 aliphatic carbocycles. The molecule has 4 heterocycles. The van der Waals surface area contributed by atoms with Gasteiger partial charge in [-0.2, -0.15) is 0 Å². The number of amides is 1. The first-order valence-corrected chi connectivity index (χ1v) is 9.21. The van der Waals surface area contributed by atoms with Crippen molar-refractivity contribution >= 4 is 5.91 Å². The van der Waals surface area contributed by atoms with E-state index in [1.54, 1.807) is 6.20 Å². The van der Waals surface area contributed by atoms with Crippen LogP contribution in [0.3, 0.4) is 0 Å². The van der Waals surface area contributed by atoms with E-state index in [4.69, 9.17) is 9.47 Å². The predicted molar refractivity (Wildman–Crippen MR) is 96.7 cm³/mol. The Labute approximate surface area is 153 Å². The van der Waals surface area contributed by atoms with Crippen molar-refractivity contribution in [2.75, 3.05) is 19.7 Å². The van der Waals surface area contributed by atoms with E-state index in [-0.39, 0.29) is 17.6 Å². The first-order valence-electron chi connectivity index (χ1n) is 9.21. The summed E-state index contributed by atoms with van der Waals surface area (Å²) in [4.78, 5) is 19.0. The minimum Gasteiger partial charge on any atom is -0.370 e. The van der Waals surface area contributed by atoms with Crippen LogP contribution in [0.15, 0.2) is 42.7 Å². The van der Waals surface area contributed by atoms with Gasteiger partial charge in [-0.05, 0) is 37.1 Å². The maximum atomic E-state index is 12.8. The summed E-state index contributed by atoms with van der Waals surface area (Å²) in [7, 11) is 1.90. The molecule has 6 heteroatoms. The van der Waals surface area contributed by atoms with E-state index in [1.165, 1.54) is 0 Å². The molecule has 6 nitrogen and oxygen atoms in total. The average Bonchev–Trinajstić information content (AvgIpc) is 3.27. The second-order valence-electron chi connectivity index (χ2n) is 7.29. The fourth-order valence-electron chi connectivity index (χ4n) is 4.00. The van der Waals surface area contributed by atoms with E-state index in [9.17, 15) is 4.79 Å². The molecule has 2 aromatic rings. The maximum Gasteiger partial charge on any atom is 0.270 e. The summed E-state index contributed by atoms with van der Waals surface area (Å²) >= 11 is 0. The van der Waals surface area contributed by atoms with Gasteiger partial charge in [0.2, 0.25) is 0 Å². The van der Waals surface area contributed by atoms with Crippen LogP contribution in [-0.2, 0) is 23.1 Å². The molecule has 2 atom stereocenters. The Morgan fingerprint density at radius 1 is 1.38 bits per heavy atom. The normalized spacial score (nSPS) is 25.7. The van der Waals surface area contributed by atoms with Gasteiger partial charge in [0.1, 0.15) is 5.69 Å². The number of carbonyl (C=O) groups excluding carboxylic acids is 1. The molecular formula is C20H25N3O3. The predicted octanol–water partition coefficient (Wildman–Crippen LogP) is 2.40. The summed E-state index contributed by atoms with van der Waals surface area (Å²) in [6.45, 7) is 2.50. The maximum absolute atomic E-state index is 12.8. The zero-order valence-corrected chi connectivity index (χ0v) is 15.1. The second kappa shape index (κ2) is 7.21. The number of pyridine rings is 1. The van der Waals surface area contributed by atoms with Crippen LogP contribution < -0.4 is 0 Å². The molecule has 2 saturated heterocycles. The molecule has 2 aromatic heterocycles. The number of piperidine rings is 1. The van der Waals surface area contributed by atoms with Gasteiger partial charge in [-0.3, -0.25) is 9.78 Å². The molecule has 1 spiro atoms. The summed E-state index contributed by atoms with van der Waals surface area (Å²) < 4.78 is 14.0. The minimum atomic E-state index is -0.270. The number of hydrogen-bond acceptors (Lipinski definition) is 4. The van der Waals surface area contributed by atoms with Crippen LogP contribution in [0.1, 0.15) is 35.4 Å². The van der Waals surface area contributed by atoms with Crippen LogP contribution in [0, 0.1) is 0 Å². The van der Waals surface area contributed by atoms with Gasteiger partial charge in [0.25, 0.3) is 5.91 Å². The Morgan fingerprint density at radius 2 is 2.31 bits per heavy atom. The molecule has 0 radical (unpaired) electrons. The molecule has 2 aliphatic heterocycles. The third-order valence-electron chi connectivity index (χ3n) is 5.36. The highest BCUT2D eigenvalue weighted by molar-refractivity contribution is 5.92. The largest absolute Gasteiger partial charge is 0.370 e. The molecule has 2 aliphatic rings. The van der Waals surface area contributed by atoms with Crippen molar-refractivity contribution in [2.45, 2.75) is 37.6 Å². The first kappa shape index (κ1) is 17.2. The van der Waals surface area contributed by atoms with Crippen LogP contribution in [-0.4, -0.2) is 51.8 Å². The van der Waals surface area contributed by atoms with E-state index < -0.39 is 0 Å². The summed E-state index contributed by atoms with van der Waals surface area (Å²) in [5.74, 6) is 0.0815. The average molecular weight is 355 g/mol. The van der Waals surface area contributed by atoms with Gasteiger partial charge < -0.3 is 18.9 Å². The Balaban J connectivity index is 1.36. The van der Waals surface area contributed by atoms with Crippen LogP contribution >= 0.6 is 0 Å². The lowest BCUT2D eigenvalue weighted by atomic mass is 9.89. The molecule has 0 unspecified atom stereocenters. The quantitative estimate of drug-likeness (QED) is 0.845. The number of nitrogens with zero attached hydrogens (tertiary/aromatic N) is 3. The van der Waals surface area contributed by atoms with Crippen molar-refractivity contribution < 1.29 is 14.3 Å². The monoisotopic (exact) mass is 355 g/mol. The Kier molecular flexibility index (Phi) is 4.78. The summed E-state index contributed by atoms with van der Waals surface area (Å²) in [6, 6.07) is 9.61. The van der Waals surface area contributed by atoms with E-state index in [0.717, 1.165) is 37.2 Å². The minimum absolute atomic E-state index is 0.0575. The zero-order valence-electron chi connectivity index (χ0n) is 15.1. The molecular weight excluding hydrogens is 330 g/mol. The van der Waals surface area contributed by atoms with Gasteiger partial charge in [-0.1, -0.05) is 6.07 Å². The lowest BCUT2D eigenvalue weighted by Crippen LogP contribution is -2.50. The fourth-order valence-corrected chi connectivity index (χ4v) is 4.00. The van der Waals surface area contributed by atoms with Crippen molar-refractivity contribution in [3.63, 3.8) is 0 Å². The van der Waals surface area contributed by atoms with Gasteiger partial charge in [0.05, 0.1) is 37.2 Å². The second-order valence-corrected chi connectivity index (χ2v) is 7.29. The van der Waals surface area contributed by atoms with Gasteiger partial charge in [-0.25, -0.2) is 0 Å².